The first kappa shape index (κ1) is 15.9. The van der Waals surface area contributed by atoms with Crippen LogP contribution in [0.2, 0.25) is 0 Å². The Balaban J connectivity index is 2.42. The van der Waals surface area contributed by atoms with Crippen LogP contribution in [-0.4, -0.2) is 8.42 Å². The molecule has 0 aromatic heterocycles. The Morgan fingerprint density at radius 3 is 2.33 bits per heavy atom. The van der Waals surface area contributed by atoms with Crippen molar-refractivity contribution in [2.45, 2.75) is 25.7 Å². The average molecular weight is 369 g/mol. The Morgan fingerprint density at radius 1 is 1.05 bits per heavy atom. The number of nitrogens with one attached hydrogen (secondary N) is 1. The van der Waals surface area contributed by atoms with E-state index in [9.17, 15) is 8.42 Å². The third-order valence-electron chi connectivity index (χ3n) is 3.42. The van der Waals surface area contributed by atoms with Gasteiger partial charge in [0.15, 0.2) is 0 Å². The Kier molecular flexibility index (Phi) is 4.30. The molecule has 2 rings (SSSR count). The van der Waals surface area contributed by atoms with Crippen LogP contribution in [0.1, 0.15) is 16.7 Å². The molecule has 0 spiro atoms. The molecule has 0 saturated carbocycles. The van der Waals surface area contributed by atoms with Crippen molar-refractivity contribution in [3.63, 3.8) is 0 Å². The predicted molar refractivity (Wildman–Crippen MR) is 90.0 cm³/mol. The minimum Gasteiger partial charge on any atom is -0.398 e. The summed E-state index contributed by atoms with van der Waals surface area (Å²) in [5, 5.41) is 0. The number of aryl methyl sites for hydroxylation is 2. The van der Waals surface area contributed by atoms with Gasteiger partial charge in [0.2, 0.25) is 0 Å². The number of benzene rings is 2. The summed E-state index contributed by atoms with van der Waals surface area (Å²) in [6.07, 6.45) is 0. The van der Waals surface area contributed by atoms with Crippen molar-refractivity contribution in [2.75, 3.05) is 10.5 Å². The lowest BCUT2D eigenvalue weighted by Crippen LogP contribution is -2.14. The van der Waals surface area contributed by atoms with Gasteiger partial charge in [-0.25, -0.2) is 8.42 Å². The van der Waals surface area contributed by atoms with Gasteiger partial charge in [0.1, 0.15) is 0 Å². The van der Waals surface area contributed by atoms with Gasteiger partial charge in [-0.05, 0) is 61.7 Å². The Bertz CT molecular complexity index is 802. The van der Waals surface area contributed by atoms with Gasteiger partial charge >= 0.3 is 0 Å². The lowest BCUT2D eigenvalue weighted by Gasteiger charge is -2.14. The van der Waals surface area contributed by atoms with Crippen LogP contribution in [-0.2, 0) is 10.0 Å². The normalized spacial score (nSPS) is 11.4. The average Bonchev–Trinajstić information content (AvgIpc) is 2.42. The van der Waals surface area contributed by atoms with E-state index < -0.39 is 10.0 Å². The lowest BCUT2D eigenvalue weighted by molar-refractivity contribution is 0.601. The summed E-state index contributed by atoms with van der Waals surface area (Å²) in [6.45, 7) is 5.53. The Labute approximate surface area is 133 Å². The van der Waals surface area contributed by atoms with Crippen LogP contribution in [0.15, 0.2) is 39.7 Å². The molecule has 0 aliphatic rings. The van der Waals surface area contributed by atoms with Gasteiger partial charge in [-0.15, -0.1) is 0 Å². The lowest BCUT2D eigenvalue weighted by atomic mass is 10.1. The van der Waals surface area contributed by atoms with E-state index in [2.05, 4.69) is 20.7 Å². The number of sulfonamides is 1. The number of hydrogen-bond acceptors (Lipinski definition) is 3. The van der Waals surface area contributed by atoms with Crippen LogP contribution in [0.5, 0.6) is 0 Å². The first-order valence-corrected chi connectivity index (χ1v) is 8.64. The van der Waals surface area contributed by atoms with E-state index in [4.69, 9.17) is 5.73 Å². The van der Waals surface area contributed by atoms with E-state index in [1.165, 1.54) is 0 Å². The number of halogens is 1. The molecule has 0 bridgehead atoms. The molecule has 6 heteroatoms. The van der Waals surface area contributed by atoms with E-state index in [0.29, 0.717) is 11.4 Å². The Hall–Kier alpha value is -1.53. The van der Waals surface area contributed by atoms with Gasteiger partial charge in [0, 0.05) is 10.2 Å². The van der Waals surface area contributed by atoms with Crippen molar-refractivity contribution in [3.05, 3.63) is 51.5 Å². The fraction of sp³-hybridized carbons (Fsp3) is 0.200. The van der Waals surface area contributed by atoms with Crippen molar-refractivity contribution in [2.24, 2.45) is 0 Å². The van der Waals surface area contributed by atoms with Crippen molar-refractivity contribution >= 4 is 37.3 Å². The SMILES string of the molecule is Cc1cc(S(=O)(=O)Nc2ccc(C)c(N)c2C)ccc1Br. The topological polar surface area (TPSA) is 72.2 Å². The highest BCUT2D eigenvalue weighted by Gasteiger charge is 2.17. The van der Waals surface area contributed by atoms with Gasteiger partial charge in [0.25, 0.3) is 10.0 Å². The standard InChI is InChI=1S/C15H17BrN2O2S/c1-9-4-7-14(11(3)15(9)17)18-21(19,20)12-5-6-13(16)10(2)8-12/h4-8,18H,17H2,1-3H3. The van der Waals surface area contributed by atoms with E-state index in [-0.39, 0.29) is 4.90 Å². The number of hydrogen-bond donors (Lipinski definition) is 2. The zero-order valence-corrected chi connectivity index (χ0v) is 14.5. The highest BCUT2D eigenvalue weighted by atomic mass is 79.9. The van der Waals surface area contributed by atoms with E-state index >= 15 is 0 Å². The molecule has 112 valence electrons. The molecule has 0 aliphatic heterocycles. The fourth-order valence-corrected chi connectivity index (χ4v) is 3.42. The quantitative estimate of drug-likeness (QED) is 0.810. The molecule has 0 aliphatic carbocycles. The third kappa shape index (κ3) is 3.22. The maximum atomic E-state index is 12.4. The smallest absolute Gasteiger partial charge is 0.261 e. The van der Waals surface area contributed by atoms with Gasteiger partial charge < -0.3 is 5.73 Å². The first-order chi connectivity index (χ1) is 9.72. The predicted octanol–water partition coefficient (Wildman–Crippen LogP) is 3.76. The van der Waals surface area contributed by atoms with Crippen molar-refractivity contribution in [1.82, 2.24) is 0 Å². The van der Waals surface area contributed by atoms with Crippen LogP contribution in [0.4, 0.5) is 11.4 Å². The molecule has 0 fully saturated rings. The summed E-state index contributed by atoms with van der Waals surface area (Å²) in [6, 6.07) is 8.43. The molecule has 0 heterocycles. The van der Waals surface area contributed by atoms with Crippen LogP contribution >= 0.6 is 15.9 Å². The van der Waals surface area contributed by atoms with Crippen molar-refractivity contribution in [1.29, 1.82) is 0 Å². The van der Waals surface area contributed by atoms with Gasteiger partial charge in [-0.3, -0.25) is 4.72 Å². The van der Waals surface area contributed by atoms with Gasteiger partial charge in [-0.2, -0.15) is 0 Å². The second-order valence-electron chi connectivity index (χ2n) is 4.99. The minimum atomic E-state index is -3.63. The van der Waals surface area contributed by atoms with E-state index in [0.717, 1.165) is 21.2 Å². The summed E-state index contributed by atoms with van der Waals surface area (Å²) in [4.78, 5) is 0.224. The zero-order valence-electron chi connectivity index (χ0n) is 12.1. The van der Waals surface area contributed by atoms with Crippen LogP contribution in [0, 0.1) is 20.8 Å². The third-order valence-corrected chi connectivity index (χ3v) is 5.67. The second-order valence-corrected chi connectivity index (χ2v) is 7.52. The largest absolute Gasteiger partial charge is 0.398 e. The first-order valence-electron chi connectivity index (χ1n) is 6.37. The highest BCUT2D eigenvalue weighted by Crippen LogP contribution is 2.27. The monoisotopic (exact) mass is 368 g/mol. The number of nitrogens with two attached hydrogens (primary N) is 1. The number of nitrogen functional groups attached to an aromatic ring is 1. The highest BCUT2D eigenvalue weighted by molar-refractivity contribution is 9.10. The molecule has 0 saturated heterocycles. The van der Waals surface area contributed by atoms with Crippen LogP contribution < -0.4 is 10.5 Å². The van der Waals surface area contributed by atoms with Gasteiger partial charge in [0.05, 0.1) is 10.6 Å². The second kappa shape index (κ2) is 5.69. The molecule has 0 atom stereocenters. The summed E-state index contributed by atoms with van der Waals surface area (Å²) in [5.74, 6) is 0. The van der Waals surface area contributed by atoms with Crippen molar-refractivity contribution in [3.8, 4) is 0 Å². The van der Waals surface area contributed by atoms with E-state index in [1.807, 2.05) is 13.8 Å². The maximum Gasteiger partial charge on any atom is 0.261 e. The summed E-state index contributed by atoms with van der Waals surface area (Å²) < 4.78 is 28.4. The summed E-state index contributed by atoms with van der Waals surface area (Å²) in [7, 11) is -3.63. The van der Waals surface area contributed by atoms with Gasteiger partial charge in [-0.1, -0.05) is 22.0 Å². The molecule has 3 N–H and O–H groups in total. The molecule has 0 amide bonds. The summed E-state index contributed by atoms with van der Waals surface area (Å²) in [5.41, 5.74) is 9.56. The zero-order chi connectivity index (χ0) is 15.8. The van der Waals surface area contributed by atoms with Crippen LogP contribution in [0.25, 0.3) is 0 Å². The molecular formula is C15H17BrN2O2S. The molecular weight excluding hydrogens is 352 g/mol. The van der Waals surface area contributed by atoms with E-state index in [1.54, 1.807) is 37.3 Å². The summed E-state index contributed by atoms with van der Waals surface area (Å²) >= 11 is 3.36. The molecule has 2 aromatic rings. The van der Waals surface area contributed by atoms with Crippen LogP contribution in [0.3, 0.4) is 0 Å². The molecule has 0 radical (unpaired) electrons. The number of anilines is 2. The molecule has 2 aromatic carbocycles. The van der Waals surface area contributed by atoms with Crippen molar-refractivity contribution < 1.29 is 8.42 Å². The molecule has 0 unspecified atom stereocenters. The Morgan fingerprint density at radius 2 is 1.71 bits per heavy atom. The maximum absolute atomic E-state index is 12.4. The fourth-order valence-electron chi connectivity index (χ4n) is 1.96. The number of rotatable bonds is 3. The molecule has 21 heavy (non-hydrogen) atoms. The minimum absolute atomic E-state index is 0.224. The molecule has 4 nitrogen and oxygen atoms in total.